The highest BCUT2D eigenvalue weighted by Gasteiger charge is 2.04. The van der Waals surface area contributed by atoms with Crippen LogP contribution in [0.5, 0.6) is 5.75 Å². The smallest absolute Gasteiger partial charge is 0.258 e. The Morgan fingerprint density at radius 2 is 2.33 bits per heavy atom. The third-order valence-electron chi connectivity index (χ3n) is 1.52. The van der Waals surface area contributed by atoms with Crippen molar-refractivity contribution in [2.24, 2.45) is 0 Å². The van der Waals surface area contributed by atoms with Crippen molar-refractivity contribution in [1.82, 2.24) is 10.3 Å². The molecule has 15 heavy (non-hydrogen) atoms. The molecule has 0 saturated heterocycles. The maximum absolute atomic E-state index is 12.4. The van der Waals surface area contributed by atoms with Gasteiger partial charge in [0.25, 0.3) is 5.91 Å². The molecule has 1 heterocycles. The first-order valence-electron chi connectivity index (χ1n) is 4.61. The SMILES string of the molecule is CC(C)NC(=O)COc1ccc(F)nc1. The van der Waals surface area contributed by atoms with Crippen molar-refractivity contribution in [3.05, 3.63) is 24.3 Å². The summed E-state index contributed by atoms with van der Waals surface area (Å²) in [5.41, 5.74) is 0. The standard InChI is InChI=1S/C10H13FN2O2/c1-7(2)13-10(14)6-15-8-3-4-9(11)12-5-8/h3-5,7H,6H2,1-2H3,(H,13,14). The van der Waals surface area contributed by atoms with E-state index >= 15 is 0 Å². The Labute approximate surface area is 87.5 Å². The summed E-state index contributed by atoms with van der Waals surface area (Å²) in [4.78, 5) is 14.6. The summed E-state index contributed by atoms with van der Waals surface area (Å²) < 4.78 is 17.5. The van der Waals surface area contributed by atoms with Crippen LogP contribution in [-0.4, -0.2) is 23.5 Å². The van der Waals surface area contributed by atoms with Gasteiger partial charge in [0.15, 0.2) is 6.61 Å². The number of ether oxygens (including phenoxy) is 1. The number of halogens is 1. The molecule has 1 aromatic heterocycles. The van der Waals surface area contributed by atoms with E-state index in [0.29, 0.717) is 5.75 Å². The summed E-state index contributed by atoms with van der Waals surface area (Å²) in [6, 6.07) is 2.67. The maximum Gasteiger partial charge on any atom is 0.258 e. The minimum Gasteiger partial charge on any atom is -0.482 e. The first-order valence-corrected chi connectivity index (χ1v) is 4.61. The Hall–Kier alpha value is -1.65. The minimum absolute atomic E-state index is 0.0763. The Morgan fingerprint density at radius 1 is 1.60 bits per heavy atom. The van der Waals surface area contributed by atoms with Gasteiger partial charge >= 0.3 is 0 Å². The summed E-state index contributed by atoms with van der Waals surface area (Å²) >= 11 is 0. The number of nitrogens with one attached hydrogen (secondary N) is 1. The Bertz CT molecular complexity index is 325. The van der Waals surface area contributed by atoms with Gasteiger partial charge in [-0.25, -0.2) is 4.98 Å². The van der Waals surface area contributed by atoms with Crippen LogP contribution in [0.1, 0.15) is 13.8 Å². The maximum atomic E-state index is 12.4. The number of hydrogen-bond donors (Lipinski definition) is 1. The predicted molar refractivity (Wildman–Crippen MR) is 53.0 cm³/mol. The number of hydrogen-bond acceptors (Lipinski definition) is 3. The number of nitrogens with zero attached hydrogens (tertiary/aromatic N) is 1. The lowest BCUT2D eigenvalue weighted by Gasteiger charge is -2.09. The fourth-order valence-electron chi connectivity index (χ4n) is 0.960. The molecule has 0 aliphatic carbocycles. The molecule has 1 aromatic rings. The van der Waals surface area contributed by atoms with E-state index in [9.17, 15) is 9.18 Å². The predicted octanol–water partition coefficient (Wildman–Crippen LogP) is 1.12. The number of carbonyl (C=O) groups excluding carboxylic acids is 1. The van der Waals surface area contributed by atoms with Crippen LogP contribution in [0.2, 0.25) is 0 Å². The molecule has 82 valence electrons. The topological polar surface area (TPSA) is 51.2 Å². The van der Waals surface area contributed by atoms with E-state index in [1.165, 1.54) is 18.3 Å². The van der Waals surface area contributed by atoms with Gasteiger partial charge in [0.2, 0.25) is 5.95 Å². The fourth-order valence-corrected chi connectivity index (χ4v) is 0.960. The Kier molecular flexibility index (Phi) is 4.03. The van der Waals surface area contributed by atoms with Crippen LogP contribution in [0.4, 0.5) is 4.39 Å². The first-order chi connectivity index (χ1) is 7.08. The molecule has 0 saturated carbocycles. The highest BCUT2D eigenvalue weighted by Crippen LogP contribution is 2.07. The molecule has 0 radical (unpaired) electrons. The van der Waals surface area contributed by atoms with Crippen molar-refractivity contribution in [3.63, 3.8) is 0 Å². The summed E-state index contributed by atoms with van der Waals surface area (Å²) in [5.74, 6) is -0.418. The first kappa shape index (κ1) is 11.4. The summed E-state index contributed by atoms with van der Waals surface area (Å²) in [6.45, 7) is 3.63. The van der Waals surface area contributed by atoms with Gasteiger partial charge in [-0.1, -0.05) is 0 Å². The third-order valence-corrected chi connectivity index (χ3v) is 1.52. The van der Waals surface area contributed by atoms with E-state index in [-0.39, 0.29) is 18.6 Å². The molecular weight excluding hydrogens is 199 g/mol. The van der Waals surface area contributed by atoms with E-state index in [2.05, 4.69) is 10.3 Å². The van der Waals surface area contributed by atoms with Gasteiger partial charge in [0, 0.05) is 6.04 Å². The molecule has 0 fully saturated rings. The Balaban J connectivity index is 2.37. The van der Waals surface area contributed by atoms with Crippen LogP contribution in [0.3, 0.4) is 0 Å². The van der Waals surface area contributed by atoms with E-state index in [0.717, 1.165) is 0 Å². The zero-order chi connectivity index (χ0) is 11.3. The van der Waals surface area contributed by atoms with Crippen molar-refractivity contribution in [1.29, 1.82) is 0 Å². The van der Waals surface area contributed by atoms with Gasteiger partial charge < -0.3 is 10.1 Å². The molecule has 0 aliphatic heterocycles. The highest BCUT2D eigenvalue weighted by atomic mass is 19.1. The van der Waals surface area contributed by atoms with E-state index in [4.69, 9.17) is 4.74 Å². The lowest BCUT2D eigenvalue weighted by atomic mass is 10.4. The molecular formula is C10H13FN2O2. The summed E-state index contributed by atoms with van der Waals surface area (Å²) in [7, 11) is 0. The number of carbonyl (C=O) groups is 1. The molecule has 1 rings (SSSR count). The highest BCUT2D eigenvalue weighted by molar-refractivity contribution is 5.77. The van der Waals surface area contributed by atoms with Gasteiger partial charge in [-0.2, -0.15) is 4.39 Å². The Morgan fingerprint density at radius 3 is 2.87 bits per heavy atom. The van der Waals surface area contributed by atoms with Crippen LogP contribution >= 0.6 is 0 Å². The summed E-state index contributed by atoms with van der Waals surface area (Å²) in [6.07, 6.45) is 1.23. The van der Waals surface area contributed by atoms with Crippen molar-refractivity contribution in [2.45, 2.75) is 19.9 Å². The van der Waals surface area contributed by atoms with Crippen molar-refractivity contribution >= 4 is 5.91 Å². The van der Waals surface area contributed by atoms with E-state index in [1.807, 2.05) is 13.8 Å². The molecule has 0 aliphatic rings. The van der Waals surface area contributed by atoms with Gasteiger partial charge in [-0.3, -0.25) is 4.79 Å². The van der Waals surface area contributed by atoms with Crippen LogP contribution < -0.4 is 10.1 Å². The quantitative estimate of drug-likeness (QED) is 0.761. The molecule has 5 heteroatoms. The van der Waals surface area contributed by atoms with Crippen molar-refractivity contribution in [3.8, 4) is 5.75 Å². The third kappa shape index (κ3) is 4.39. The molecule has 4 nitrogen and oxygen atoms in total. The molecule has 0 aromatic carbocycles. The van der Waals surface area contributed by atoms with Crippen LogP contribution in [0.25, 0.3) is 0 Å². The number of rotatable bonds is 4. The lowest BCUT2D eigenvalue weighted by Crippen LogP contribution is -2.34. The van der Waals surface area contributed by atoms with Gasteiger partial charge in [0.1, 0.15) is 5.75 Å². The summed E-state index contributed by atoms with van der Waals surface area (Å²) in [5, 5.41) is 2.67. The largest absolute Gasteiger partial charge is 0.482 e. The second kappa shape index (κ2) is 5.29. The molecule has 0 atom stereocenters. The fraction of sp³-hybridized carbons (Fsp3) is 0.400. The average Bonchev–Trinajstić information content (AvgIpc) is 2.16. The van der Waals surface area contributed by atoms with Crippen molar-refractivity contribution in [2.75, 3.05) is 6.61 Å². The monoisotopic (exact) mass is 212 g/mol. The molecule has 0 bridgehead atoms. The molecule has 0 spiro atoms. The second-order valence-electron chi connectivity index (χ2n) is 3.33. The zero-order valence-electron chi connectivity index (χ0n) is 8.66. The zero-order valence-corrected chi connectivity index (χ0v) is 8.66. The van der Waals surface area contributed by atoms with Crippen LogP contribution in [0.15, 0.2) is 18.3 Å². The number of pyridine rings is 1. The molecule has 1 N–H and O–H groups in total. The molecule has 1 amide bonds. The van der Waals surface area contributed by atoms with Gasteiger partial charge in [-0.05, 0) is 26.0 Å². The van der Waals surface area contributed by atoms with Gasteiger partial charge in [-0.15, -0.1) is 0 Å². The molecule has 0 unspecified atom stereocenters. The van der Waals surface area contributed by atoms with Crippen LogP contribution in [0, 0.1) is 5.95 Å². The van der Waals surface area contributed by atoms with E-state index < -0.39 is 5.95 Å². The van der Waals surface area contributed by atoms with E-state index in [1.54, 1.807) is 0 Å². The van der Waals surface area contributed by atoms with Crippen LogP contribution in [-0.2, 0) is 4.79 Å². The number of aromatic nitrogens is 1. The minimum atomic E-state index is -0.575. The van der Waals surface area contributed by atoms with Gasteiger partial charge in [0.05, 0.1) is 6.20 Å². The normalized spacial score (nSPS) is 10.1. The lowest BCUT2D eigenvalue weighted by molar-refractivity contribution is -0.123. The average molecular weight is 212 g/mol. The second-order valence-corrected chi connectivity index (χ2v) is 3.33. The number of amides is 1. The van der Waals surface area contributed by atoms with Crippen molar-refractivity contribution < 1.29 is 13.9 Å².